The predicted molar refractivity (Wildman–Crippen MR) is 87.5 cm³/mol. The number of hydrogen-bond acceptors (Lipinski definition) is 2. The minimum absolute atomic E-state index is 0.0179. The number of amides is 1. The van der Waals surface area contributed by atoms with Crippen molar-refractivity contribution >= 4 is 5.91 Å². The monoisotopic (exact) mass is 319 g/mol. The molecule has 23 heavy (non-hydrogen) atoms. The highest BCUT2D eigenvalue weighted by Crippen LogP contribution is 2.36. The van der Waals surface area contributed by atoms with E-state index in [-0.39, 0.29) is 30.2 Å². The standard InChI is InChI=1S/C19H26FNO2/c1-13-10-15-11-16(20)6-7-17(15)14(2)21(13)18(22)12-19(23)8-4-3-5-9-19/h6-7,11,13-14,23H,3-5,8-10,12H2,1-2H3/t13-,14-/m0/s1. The lowest BCUT2D eigenvalue weighted by Crippen LogP contribution is -2.48. The lowest BCUT2D eigenvalue weighted by molar-refractivity contribution is -0.142. The summed E-state index contributed by atoms with van der Waals surface area (Å²) in [6.45, 7) is 4.00. The predicted octanol–water partition coefficient (Wildman–Crippen LogP) is 3.75. The second kappa shape index (κ2) is 6.23. The van der Waals surface area contributed by atoms with Crippen molar-refractivity contribution in [3.05, 3.63) is 35.1 Å². The van der Waals surface area contributed by atoms with E-state index in [0.717, 1.165) is 43.2 Å². The van der Waals surface area contributed by atoms with E-state index in [1.165, 1.54) is 6.07 Å². The molecular weight excluding hydrogens is 293 g/mol. The van der Waals surface area contributed by atoms with Gasteiger partial charge in [-0.15, -0.1) is 0 Å². The van der Waals surface area contributed by atoms with Crippen molar-refractivity contribution in [3.63, 3.8) is 0 Å². The summed E-state index contributed by atoms with van der Waals surface area (Å²) in [5.41, 5.74) is 1.18. The van der Waals surface area contributed by atoms with Crippen molar-refractivity contribution < 1.29 is 14.3 Å². The van der Waals surface area contributed by atoms with Crippen LogP contribution in [-0.4, -0.2) is 27.6 Å². The summed E-state index contributed by atoms with van der Waals surface area (Å²) in [5.74, 6) is -0.205. The summed E-state index contributed by atoms with van der Waals surface area (Å²) in [4.78, 5) is 14.7. The highest BCUT2D eigenvalue weighted by atomic mass is 19.1. The number of benzene rings is 1. The number of halogens is 1. The molecule has 1 aromatic carbocycles. The van der Waals surface area contributed by atoms with Crippen molar-refractivity contribution in [1.29, 1.82) is 0 Å². The molecule has 1 saturated carbocycles. The molecule has 1 aliphatic carbocycles. The van der Waals surface area contributed by atoms with E-state index < -0.39 is 5.60 Å². The van der Waals surface area contributed by atoms with Gasteiger partial charge in [-0.25, -0.2) is 4.39 Å². The van der Waals surface area contributed by atoms with Gasteiger partial charge >= 0.3 is 0 Å². The van der Waals surface area contributed by atoms with Crippen LogP contribution >= 0.6 is 0 Å². The van der Waals surface area contributed by atoms with E-state index in [2.05, 4.69) is 0 Å². The molecule has 1 amide bonds. The number of hydrogen-bond donors (Lipinski definition) is 1. The Morgan fingerprint density at radius 1 is 1.30 bits per heavy atom. The van der Waals surface area contributed by atoms with Gasteiger partial charge in [0.1, 0.15) is 5.82 Å². The largest absolute Gasteiger partial charge is 0.389 e. The molecule has 2 atom stereocenters. The van der Waals surface area contributed by atoms with Crippen molar-refractivity contribution in [2.24, 2.45) is 0 Å². The first kappa shape index (κ1) is 16.4. The average molecular weight is 319 g/mol. The van der Waals surface area contributed by atoms with Crippen molar-refractivity contribution in [1.82, 2.24) is 4.90 Å². The van der Waals surface area contributed by atoms with Gasteiger partial charge in [0.25, 0.3) is 0 Å². The summed E-state index contributed by atoms with van der Waals surface area (Å²) in [7, 11) is 0. The summed E-state index contributed by atoms with van der Waals surface area (Å²) in [6.07, 6.45) is 5.45. The normalized spacial score (nSPS) is 26.7. The molecule has 1 N–H and O–H groups in total. The van der Waals surface area contributed by atoms with E-state index in [1.54, 1.807) is 12.1 Å². The van der Waals surface area contributed by atoms with Gasteiger partial charge < -0.3 is 10.0 Å². The number of aliphatic hydroxyl groups is 1. The Hall–Kier alpha value is -1.42. The van der Waals surface area contributed by atoms with Crippen LogP contribution < -0.4 is 0 Å². The van der Waals surface area contributed by atoms with Crippen molar-refractivity contribution in [2.45, 2.75) is 76.5 Å². The molecule has 0 aromatic heterocycles. The van der Waals surface area contributed by atoms with Gasteiger partial charge in [0.15, 0.2) is 0 Å². The van der Waals surface area contributed by atoms with Crippen LogP contribution in [0.15, 0.2) is 18.2 Å². The van der Waals surface area contributed by atoms with E-state index in [9.17, 15) is 14.3 Å². The minimum atomic E-state index is -0.835. The molecule has 0 spiro atoms. The van der Waals surface area contributed by atoms with E-state index >= 15 is 0 Å². The van der Waals surface area contributed by atoms with Crippen LogP contribution in [0.2, 0.25) is 0 Å². The topological polar surface area (TPSA) is 40.5 Å². The highest BCUT2D eigenvalue weighted by molar-refractivity contribution is 5.78. The minimum Gasteiger partial charge on any atom is -0.389 e. The maximum absolute atomic E-state index is 13.5. The van der Waals surface area contributed by atoms with Crippen molar-refractivity contribution in [2.75, 3.05) is 0 Å². The second-order valence-electron chi connectivity index (χ2n) is 7.34. The molecule has 1 heterocycles. The van der Waals surface area contributed by atoms with E-state index in [0.29, 0.717) is 6.42 Å². The maximum atomic E-state index is 13.5. The zero-order valence-electron chi connectivity index (χ0n) is 14.0. The lowest BCUT2D eigenvalue weighted by Gasteiger charge is -2.42. The zero-order chi connectivity index (χ0) is 16.6. The summed E-state index contributed by atoms with van der Waals surface area (Å²) in [6, 6.07) is 4.78. The lowest BCUT2D eigenvalue weighted by atomic mass is 9.81. The third-order valence-corrected chi connectivity index (χ3v) is 5.52. The summed E-state index contributed by atoms with van der Waals surface area (Å²) >= 11 is 0. The third-order valence-electron chi connectivity index (χ3n) is 5.52. The van der Waals surface area contributed by atoms with Crippen LogP contribution in [0.5, 0.6) is 0 Å². The fourth-order valence-electron chi connectivity index (χ4n) is 4.33. The van der Waals surface area contributed by atoms with Gasteiger partial charge in [0.2, 0.25) is 5.91 Å². The van der Waals surface area contributed by atoms with Gasteiger partial charge in [0.05, 0.1) is 18.1 Å². The highest BCUT2D eigenvalue weighted by Gasteiger charge is 2.38. The second-order valence-corrected chi connectivity index (χ2v) is 7.34. The molecular formula is C19H26FNO2. The molecule has 3 rings (SSSR count). The smallest absolute Gasteiger partial charge is 0.226 e. The van der Waals surface area contributed by atoms with Gasteiger partial charge in [-0.1, -0.05) is 25.3 Å². The molecule has 3 nitrogen and oxygen atoms in total. The van der Waals surface area contributed by atoms with Crippen molar-refractivity contribution in [3.8, 4) is 0 Å². The van der Waals surface area contributed by atoms with Crippen LogP contribution in [-0.2, 0) is 11.2 Å². The Bertz CT molecular complexity index is 595. The van der Waals surface area contributed by atoms with Crippen LogP contribution in [0.25, 0.3) is 0 Å². The number of rotatable bonds is 2. The Balaban J connectivity index is 1.79. The van der Waals surface area contributed by atoms with Gasteiger partial charge in [-0.3, -0.25) is 4.79 Å². The quantitative estimate of drug-likeness (QED) is 0.902. The Kier molecular flexibility index (Phi) is 4.45. The van der Waals surface area contributed by atoms with Crippen LogP contribution in [0.4, 0.5) is 4.39 Å². The fraction of sp³-hybridized carbons (Fsp3) is 0.632. The van der Waals surface area contributed by atoms with Crippen LogP contribution in [0, 0.1) is 5.82 Å². The molecule has 0 radical (unpaired) electrons. The van der Waals surface area contributed by atoms with Crippen LogP contribution in [0.3, 0.4) is 0 Å². The Morgan fingerprint density at radius 2 is 2.00 bits per heavy atom. The van der Waals surface area contributed by atoms with E-state index in [1.807, 2.05) is 18.7 Å². The first-order chi connectivity index (χ1) is 10.9. The summed E-state index contributed by atoms with van der Waals surface area (Å²) in [5, 5.41) is 10.7. The molecule has 1 aliphatic heterocycles. The first-order valence-electron chi connectivity index (χ1n) is 8.71. The Morgan fingerprint density at radius 3 is 2.70 bits per heavy atom. The molecule has 2 aliphatic rings. The van der Waals surface area contributed by atoms with Gasteiger partial charge in [0, 0.05) is 6.04 Å². The number of carbonyl (C=O) groups is 1. The van der Waals surface area contributed by atoms with Crippen LogP contribution in [0.1, 0.15) is 69.5 Å². The molecule has 1 aromatic rings. The first-order valence-corrected chi connectivity index (χ1v) is 8.71. The molecule has 0 bridgehead atoms. The number of carbonyl (C=O) groups excluding carboxylic acids is 1. The number of nitrogens with zero attached hydrogens (tertiary/aromatic N) is 1. The number of fused-ring (bicyclic) bond motifs is 1. The van der Waals surface area contributed by atoms with E-state index in [4.69, 9.17) is 0 Å². The molecule has 126 valence electrons. The molecule has 0 unspecified atom stereocenters. The summed E-state index contributed by atoms with van der Waals surface area (Å²) < 4.78 is 13.5. The average Bonchev–Trinajstić information content (AvgIpc) is 2.46. The fourth-order valence-corrected chi connectivity index (χ4v) is 4.33. The Labute approximate surface area is 137 Å². The molecule has 0 saturated heterocycles. The third kappa shape index (κ3) is 3.27. The maximum Gasteiger partial charge on any atom is 0.226 e. The molecule has 1 fully saturated rings. The zero-order valence-corrected chi connectivity index (χ0v) is 14.0. The van der Waals surface area contributed by atoms with Gasteiger partial charge in [-0.2, -0.15) is 0 Å². The van der Waals surface area contributed by atoms with Gasteiger partial charge in [-0.05, 0) is 56.4 Å². The SMILES string of the molecule is C[C@H]1Cc2cc(F)ccc2[C@H](C)N1C(=O)CC1(O)CCCCC1. The molecule has 4 heteroatoms.